The molecule has 1 aliphatic heterocycles. The molecule has 0 saturated carbocycles. The lowest BCUT2D eigenvalue weighted by atomic mass is 10.4. The Balaban J connectivity index is 2.56. The second kappa shape index (κ2) is 1.82. The van der Waals surface area contributed by atoms with Gasteiger partial charge in [0.1, 0.15) is 6.61 Å². The van der Waals surface area contributed by atoms with Crippen molar-refractivity contribution in [3.05, 3.63) is 0 Å². The highest BCUT2D eigenvalue weighted by atomic mass is 35.5. The van der Waals surface area contributed by atoms with Crippen LogP contribution >= 0.6 is 11.8 Å². The summed E-state index contributed by atoms with van der Waals surface area (Å²) in [6, 6.07) is 0.0177. The van der Waals surface area contributed by atoms with Crippen LogP contribution < -0.4 is 0 Å². The van der Waals surface area contributed by atoms with Crippen molar-refractivity contribution in [2.75, 3.05) is 6.61 Å². The van der Waals surface area contributed by atoms with Gasteiger partial charge in [-0.05, 0) is 6.92 Å². The Morgan fingerprint density at radius 3 is 2.75 bits per heavy atom. The first kappa shape index (κ1) is 5.69. The van der Waals surface area contributed by atoms with Crippen LogP contribution in [0.15, 0.2) is 0 Å². The second-order valence-corrected chi connectivity index (χ2v) is 2.10. The summed E-state index contributed by atoms with van der Waals surface area (Å²) in [6.45, 7) is 2.22. The van der Waals surface area contributed by atoms with Crippen LogP contribution in [0.3, 0.4) is 0 Å². The van der Waals surface area contributed by atoms with Crippen LogP contribution in [0.5, 0.6) is 0 Å². The first-order valence-corrected chi connectivity index (χ1v) is 2.67. The predicted molar refractivity (Wildman–Crippen MR) is 28.5 cm³/mol. The number of rotatable bonds is 0. The largest absolute Gasteiger partial charge is 0.446 e. The molecule has 0 spiro atoms. The molecule has 1 rings (SSSR count). The maximum atomic E-state index is 10.4. The van der Waals surface area contributed by atoms with Gasteiger partial charge in [-0.2, -0.15) is 0 Å². The fourth-order valence-corrected chi connectivity index (χ4v) is 0.604. The van der Waals surface area contributed by atoms with Crippen molar-refractivity contribution >= 4 is 17.9 Å². The molecule has 0 aromatic rings. The van der Waals surface area contributed by atoms with Crippen molar-refractivity contribution in [1.82, 2.24) is 4.42 Å². The van der Waals surface area contributed by atoms with E-state index in [1.165, 1.54) is 0 Å². The molecule has 0 aliphatic carbocycles. The topological polar surface area (TPSA) is 29.5 Å². The van der Waals surface area contributed by atoms with Crippen molar-refractivity contribution in [2.24, 2.45) is 0 Å². The molecule has 8 heavy (non-hydrogen) atoms. The van der Waals surface area contributed by atoms with Crippen molar-refractivity contribution in [1.29, 1.82) is 0 Å². The molecule has 0 N–H and O–H groups in total. The lowest BCUT2D eigenvalue weighted by Gasteiger charge is -2.03. The Kier molecular flexibility index (Phi) is 1.29. The van der Waals surface area contributed by atoms with Crippen molar-refractivity contribution < 1.29 is 9.53 Å². The summed E-state index contributed by atoms with van der Waals surface area (Å²) in [4.78, 5) is 10.4. The van der Waals surface area contributed by atoms with Gasteiger partial charge < -0.3 is 4.74 Å². The lowest BCUT2D eigenvalue weighted by molar-refractivity contribution is 0.170. The van der Waals surface area contributed by atoms with Crippen LogP contribution in [0.2, 0.25) is 0 Å². The monoisotopic (exact) mass is 135 g/mol. The molecule has 1 heterocycles. The minimum absolute atomic E-state index is 0.0177. The highest BCUT2D eigenvalue weighted by Crippen LogP contribution is 2.12. The van der Waals surface area contributed by atoms with Crippen LogP contribution in [0, 0.1) is 0 Å². The molecule has 0 radical (unpaired) electrons. The number of carbonyl (C=O) groups is 1. The van der Waals surface area contributed by atoms with Gasteiger partial charge >= 0.3 is 6.09 Å². The SMILES string of the molecule is CC1COC(=O)N1Cl. The Labute approximate surface area is 52.3 Å². The Bertz CT molecular complexity index is 117. The number of nitrogens with zero attached hydrogens (tertiary/aromatic N) is 1. The number of hydrogen-bond acceptors (Lipinski definition) is 2. The molecule has 0 aromatic carbocycles. The highest BCUT2D eigenvalue weighted by Gasteiger charge is 2.27. The summed E-state index contributed by atoms with van der Waals surface area (Å²) in [5.41, 5.74) is 0. The van der Waals surface area contributed by atoms with Crippen molar-refractivity contribution in [3.8, 4) is 0 Å². The third kappa shape index (κ3) is 0.733. The molecule has 0 bridgehead atoms. The third-order valence-electron chi connectivity index (χ3n) is 1.01. The van der Waals surface area contributed by atoms with E-state index >= 15 is 0 Å². The minimum Gasteiger partial charge on any atom is -0.446 e. The van der Waals surface area contributed by atoms with E-state index in [-0.39, 0.29) is 6.04 Å². The van der Waals surface area contributed by atoms with Gasteiger partial charge in [0, 0.05) is 11.8 Å². The van der Waals surface area contributed by atoms with Crippen LogP contribution in [-0.2, 0) is 4.74 Å². The molecule has 1 unspecified atom stereocenters. The quantitative estimate of drug-likeness (QED) is 0.464. The molecular weight excluding hydrogens is 130 g/mol. The van der Waals surface area contributed by atoms with Gasteiger partial charge in [-0.3, -0.25) is 0 Å². The third-order valence-corrected chi connectivity index (χ3v) is 1.48. The number of hydrogen-bond donors (Lipinski definition) is 0. The number of ether oxygens (including phenoxy) is 1. The molecule has 46 valence electrons. The van der Waals surface area contributed by atoms with E-state index in [1.54, 1.807) is 0 Å². The average Bonchev–Trinajstić information content (AvgIpc) is 1.98. The van der Waals surface area contributed by atoms with Crippen molar-refractivity contribution in [2.45, 2.75) is 13.0 Å². The predicted octanol–water partition coefficient (Wildman–Crippen LogP) is 0.981. The van der Waals surface area contributed by atoms with Gasteiger partial charge in [0.25, 0.3) is 0 Å². The van der Waals surface area contributed by atoms with E-state index < -0.39 is 6.09 Å². The molecule has 0 aromatic heterocycles. The van der Waals surface area contributed by atoms with Gasteiger partial charge in [-0.15, -0.1) is 0 Å². The molecule has 1 aliphatic rings. The van der Waals surface area contributed by atoms with Crippen LogP contribution in [0.1, 0.15) is 6.92 Å². The van der Waals surface area contributed by atoms with E-state index in [1.807, 2.05) is 6.92 Å². The maximum Gasteiger partial charge on any atom is 0.424 e. The van der Waals surface area contributed by atoms with E-state index in [9.17, 15) is 4.79 Å². The van der Waals surface area contributed by atoms with E-state index in [4.69, 9.17) is 11.8 Å². The Morgan fingerprint density at radius 1 is 2.00 bits per heavy atom. The zero-order valence-corrected chi connectivity index (χ0v) is 5.18. The van der Waals surface area contributed by atoms with Gasteiger partial charge in [-0.1, -0.05) is 0 Å². The van der Waals surface area contributed by atoms with Crippen LogP contribution in [-0.4, -0.2) is 23.2 Å². The normalized spacial score (nSPS) is 28.5. The molecule has 1 saturated heterocycles. The fourth-order valence-electron chi connectivity index (χ4n) is 0.499. The summed E-state index contributed by atoms with van der Waals surface area (Å²) >= 11 is 5.37. The molecular formula is C4H6ClNO2. The average molecular weight is 136 g/mol. The van der Waals surface area contributed by atoms with Crippen molar-refractivity contribution in [3.63, 3.8) is 0 Å². The van der Waals surface area contributed by atoms with E-state index in [0.717, 1.165) is 4.42 Å². The fraction of sp³-hybridized carbons (Fsp3) is 0.750. The number of amides is 1. The standard InChI is InChI=1S/C4H6ClNO2/c1-3-2-8-4(7)6(3)5/h3H,2H2,1H3. The van der Waals surface area contributed by atoms with Gasteiger partial charge in [0.05, 0.1) is 6.04 Å². The zero-order chi connectivity index (χ0) is 6.15. The maximum absolute atomic E-state index is 10.4. The van der Waals surface area contributed by atoms with Crippen LogP contribution in [0.4, 0.5) is 4.79 Å². The van der Waals surface area contributed by atoms with Crippen LogP contribution in [0.25, 0.3) is 0 Å². The van der Waals surface area contributed by atoms with Gasteiger partial charge in [-0.25, -0.2) is 9.21 Å². The minimum atomic E-state index is -0.445. The number of halogens is 1. The van der Waals surface area contributed by atoms with E-state index in [2.05, 4.69) is 4.74 Å². The molecule has 1 amide bonds. The summed E-state index contributed by atoms with van der Waals surface area (Å²) in [5.74, 6) is 0. The molecule has 1 atom stereocenters. The summed E-state index contributed by atoms with van der Waals surface area (Å²) < 4.78 is 5.59. The Hall–Kier alpha value is -0.440. The Morgan fingerprint density at radius 2 is 2.62 bits per heavy atom. The lowest BCUT2D eigenvalue weighted by Crippen LogP contribution is -2.20. The first-order valence-electron chi connectivity index (χ1n) is 2.33. The molecule has 3 nitrogen and oxygen atoms in total. The summed E-state index contributed by atoms with van der Waals surface area (Å²) in [5, 5.41) is 0. The van der Waals surface area contributed by atoms with E-state index in [0.29, 0.717) is 6.61 Å². The summed E-state index contributed by atoms with van der Waals surface area (Å²) in [6.07, 6.45) is -0.445. The van der Waals surface area contributed by atoms with Gasteiger partial charge in [0.15, 0.2) is 0 Å². The second-order valence-electron chi connectivity index (χ2n) is 1.74. The zero-order valence-electron chi connectivity index (χ0n) is 4.43. The first-order chi connectivity index (χ1) is 3.72. The highest BCUT2D eigenvalue weighted by molar-refractivity contribution is 6.20. The molecule has 4 heteroatoms. The van der Waals surface area contributed by atoms with Gasteiger partial charge in [0.2, 0.25) is 0 Å². The summed E-state index contributed by atoms with van der Waals surface area (Å²) in [7, 11) is 0. The number of carbonyl (C=O) groups excluding carboxylic acids is 1. The molecule has 1 fully saturated rings. The smallest absolute Gasteiger partial charge is 0.424 e. The number of cyclic esters (lactones) is 1.